The molecule has 1 saturated heterocycles. The molecular formula is C22H30BrN3O2. The van der Waals surface area contributed by atoms with Crippen LogP contribution < -0.4 is 0 Å². The molecule has 1 N–H and O–H groups in total. The molecule has 0 amide bonds. The third-order valence-electron chi connectivity index (χ3n) is 7.07. The molecule has 6 heteroatoms. The van der Waals surface area contributed by atoms with Gasteiger partial charge in [-0.2, -0.15) is 0 Å². The van der Waals surface area contributed by atoms with E-state index in [4.69, 9.17) is 0 Å². The lowest BCUT2D eigenvalue weighted by molar-refractivity contribution is 0.0881. The Morgan fingerprint density at radius 2 is 1.75 bits per heavy atom. The van der Waals surface area contributed by atoms with Gasteiger partial charge in [0.15, 0.2) is 5.69 Å². The van der Waals surface area contributed by atoms with Gasteiger partial charge in [0, 0.05) is 35.0 Å². The van der Waals surface area contributed by atoms with E-state index in [0.717, 1.165) is 53.1 Å². The molecule has 0 radical (unpaired) electrons. The molecule has 1 aromatic carbocycles. The normalized spacial score (nSPS) is 24.9. The standard InChI is InChI=1S/C22H30BrN3O2/c1-14(2)15-3-6-17(7-4-15)25-11-9-18(10-12-25)26-20-8-5-16(23)13-19(20)21(24-28)22(26)27/h5,8,13-15,17-18,27H,3-4,6-7,9-12H2,1-2H3. The average molecular weight is 448 g/mol. The molecule has 0 bridgehead atoms. The Balaban J connectivity index is 1.47. The SMILES string of the molecule is CC(C)C1CCC(N2CCC(n3c(O)c(N=O)c4cc(Br)ccc43)CC2)CC1. The van der Waals surface area contributed by atoms with E-state index in [9.17, 15) is 10.0 Å². The molecular weight excluding hydrogens is 418 g/mol. The van der Waals surface area contributed by atoms with Crippen molar-refractivity contribution in [2.24, 2.45) is 17.0 Å². The number of hydrogen-bond acceptors (Lipinski definition) is 4. The van der Waals surface area contributed by atoms with Gasteiger partial charge < -0.3 is 14.6 Å². The van der Waals surface area contributed by atoms with Crippen molar-refractivity contribution in [3.63, 3.8) is 0 Å². The first-order chi connectivity index (χ1) is 13.5. The number of nitroso groups, excluding NO2 is 1. The largest absolute Gasteiger partial charge is 0.493 e. The van der Waals surface area contributed by atoms with Gasteiger partial charge in [0.05, 0.1) is 5.52 Å². The lowest BCUT2D eigenvalue weighted by Gasteiger charge is -2.42. The van der Waals surface area contributed by atoms with Crippen LogP contribution in [0.25, 0.3) is 10.9 Å². The lowest BCUT2D eigenvalue weighted by atomic mass is 9.79. The van der Waals surface area contributed by atoms with E-state index in [2.05, 4.69) is 39.9 Å². The fraction of sp³-hybridized carbons (Fsp3) is 0.636. The second-order valence-electron chi connectivity index (χ2n) is 8.87. The fourth-order valence-corrected chi connectivity index (χ4v) is 5.72. The van der Waals surface area contributed by atoms with Crippen LogP contribution in [0.4, 0.5) is 5.69 Å². The summed E-state index contributed by atoms with van der Waals surface area (Å²) in [6.07, 6.45) is 7.34. The minimum Gasteiger partial charge on any atom is -0.493 e. The number of fused-ring (bicyclic) bond motifs is 1. The maximum atomic E-state index is 11.3. The van der Waals surface area contributed by atoms with Crippen molar-refractivity contribution in [3.05, 3.63) is 27.6 Å². The topological polar surface area (TPSA) is 57.8 Å². The molecule has 0 spiro atoms. The number of rotatable bonds is 4. The maximum absolute atomic E-state index is 11.3. The average Bonchev–Trinajstić information content (AvgIpc) is 2.98. The van der Waals surface area contributed by atoms with E-state index >= 15 is 0 Å². The monoisotopic (exact) mass is 447 g/mol. The molecule has 0 atom stereocenters. The molecule has 4 rings (SSSR count). The second-order valence-corrected chi connectivity index (χ2v) is 9.79. The van der Waals surface area contributed by atoms with Crippen molar-refractivity contribution in [3.8, 4) is 5.88 Å². The van der Waals surface area contributed by atoms with Crippen molar-refractivity contribution in [2.75, 3.05) is 13.1 Å². The summed E-state index contributed by atoms with van der Waals surface area (Å²) in [7, 11) is 0. The van der Waals surface area contributed by atoms with Crippen LogP contribution >= 0.6 is 15.9 Å². The summed E-state index contributed by atoms with van der Waals surface area (Å²) in [6, 6.07) is 6.71. The Morgan fingerprint density at radius 3 is 2.36 bits per heavy atom. The number of aromatic hydroxyl groups is 1. The van der Waals surface area contributed by atoms with Crippen LogP contribution in [0.3, 0.4) is 0 Å². The molecule has 2 fully saturated rings. The van der Waals surface area contributed by atoms with Crippen molar-refractivity contribution in [1.82, 2.24) is 9.47 Å². The molecule has 1 aliphatic carbocycles. The number of hydrogen-bond donors (Lipinski definition) is 1. The van der Waals surface area contributed by atoms with Gasteiger partial charge in [0.2, 0.25) is 5.88 Å². The van der Waals surface area contributed by atoms with Gasteiger partial charge in [-0.15, -0.1) is 4.91 Å². The van der Waals surface area contributed by atoms with Crippen molar-refractivity contribution in [2.45, 2.75) is 64.5 Å². The molecule has 152 valence electrons. The predicted molar refractivity (Wildman–Crippen MR) is 117 cm³/mol. The van der Waals surface area contributed by atoms with Gasteiger partial charge in [-0.1, -0.05) is 29.8 Å². The van der Waals surface area contributed by atoms with Gasteiger partial charge in [0.1, 0.15) is 0 Å². The number of aromatic nitrogens is 1. The molecule has 5 nitrogen and oxygen atoms in total. The van der Waals surface area contributed by atoms with Gasteiger partial charge >= 0.3 is 0 Å². The minimum atomic E-state index is 0.0130. The fourth-order valence-electron chi connectivity index (χ4n) is 5.36. The van der Waals surface area contributed by atoms with Gasteiger partial charge in [-0.05, 0) is 73.7 Å². The van der Waals surface area contributed by atoms with Crippen LogP contribution in [0.5, 0.6) is 5.88 Å². The van der Waals surface area contributed by atoms with Crippen LogP contribution in [-0.4, -0.2) is 33.7 Å². The van der Waals surface area contributed by atoms with Crippen LogP contribution in [0.15, 0.2) is 27.8 Å². The summed E-state index contributed by atoms with van der Waals surface area (Å²) in [5, 5.41) is 14.5. The number of likely N-dealkylation sites (tertiary alicyclic amines) is 1. The maximum Gasteiger partial charge on any atom is 0.222 e. The molecule has 1 aliphatic heterocycles. The zero-order chi connectivity index (χ0) is 19.8. The van der Waals surface area contributed by atoms with E-state index in [0.29, 0.717) is 6.04 Å². The molecule has 2 aromatic rings. The zero-order valence-corrected chi connectivity index (χ0v) is 18.4. The van der Waals surface area contributed by atoms with E-state index in [1.165, 1.54) is 25.7 Å². The Bertz CT molecular complexity index is 847. The Kier molecular flexibility index (Phi) is 5.79. The lowest BCUT2D eigenvalue weighted by Crippen LogP contribution is -2.43. The van der Waals surface area contributed by atoms with Crippen molar-refractivity contribution >= 4 is 32.5 Å². The number of piperidine rings is 1. The quantitative estimate of drug-likeness (QED) is 0.554. The van der Waals surface area contributed by atoms with Crippen molar-refractivity contribution in [1.29, 1.82) is 0 Å². The number of nitrogens with zero attached hydrogens (tertiary/aromatic N) is 3. The van der Waals surface area contributed by atoms with E-state index in [-0.39, 0.29) is 17.6 Å². The zero-order valence-electron chi connectivity index (χ0n) is 16.8. The summed E-state index contributed by atoms with van der Waals surface area (Å²) < 4.78 is 2.82. The smallest absolute Gasteiger partial charge is 0.222 e. The van der Waals surface area contributed by atoms with Crippen molar-refractivity contribution < 1.29 is 5.11 Å². The van der Waals surface area contributed by atoms with Gasteiger partial charge in [-0.25, -0.2) is 0 Å². The van der Waals surface area contributed by atoms with Crippen LogP contribution in [-0.2, 0) is 0 Å². The first kappa shape index (κ1) is 19.9. The molecule has 1 saturated carbocycles. The summed E-state index contributed by atoms with van der Waals surface area (Å²) in [5.74, 6) is 1.71. The highest BCUT2D eigenvalue weighted by molar-refractivity contribution is 9.10. The number of halogens is 1. The summed E-state index contributed by atoms with van der Waals surface area (Å²) >= 11 is 3.45. The summed E-state index contributed by atoms with van der Waals surface area (Å²) in [4.78, 5) is 14.0. The number of benzene rings is 1. The molecule has 2 aliphatic rings. The highest BCUT2D eigenvalue weighted by Crippen LogP contribution is 2.44. The van der Waals surface area contributed by atoms with Crippen LogP contribution in [0, 0.1) is 16.7 Å². The summed E-state index contributed by atoms with van der Waals surface area (Å²) in [5.41, 5.74) is 1.05. The third-order valence-corrected chi connectivity index (χ3v) is 7.56. The highest BCUT2D eigenvalue weighted by Gasteiger charge is 2.32. The molecule has 28 heavy (non-hydrogen) atoms. The second kappa shape index (κ2) is 8.15. The van der Waals surface area contributed by atoms with Gasteiger partial charge in [0.25, 0.3) is 0 Å². The summed E-state index contributed by atoms with van der Waals surface area (Å²) in [6.45, 7) is 6.82. The van der Waals surface area contributed by atoms with Crippen LogP contribution in [0.1, 0.15) is 58.4 Å². The highest BCUT2D eigenvalue weighted by atomic mass is 79.9. The molecule has 2 heterocycles. The van der Waals surface area contributed by atoms with E-state index in [1.807, 2.05) is 22.8 Å². The van der Waals surface area contributed by atoms with Gasteiger partial charge in [-0.3, -0.25) is 0 Å². The minimum absolute atomic E-state index is 0.0130. The third kappa shape index (κ3) is 3.61. The van der Waals surface area contributed by atoms with E-state index < -0.39 is 0 Å². The van der Waals surface area contributed by atoms with Crippen LogP contribution in [0.2, 0.25) is 0 Å². The predicted octanol–water partition coefficient (Wildman–Crippen LogP) is 6.36. The first-order valence-corrected chi connectivity index (χ1v) is 11.4. The molecule has 1 aromatic heterocycles. The van der Waals surface area contributed by atoms with E-state index in [1.54, 1.807) is 0 Å². The Hall–Kier alpha value is -1.40. The molecule has 0 unspecified atom stereocenters. The first-order valence-electron chi connectivity index (χ1n) is 10.6. The Morgan fingerprint density at radius 1 is 1.07 bits per heavy atom. The Labute approximate surface area is 175 Å².